The van der Waals surface area contributed by atoms with Crippen molar-refractivity contribution < 1.29 is 19.7 Å². The summed E-state index contributed by atoms with van der Waals surface area (Å²) in [5, 5.41) is 27.0. The zero-order chi connectivity index (χ0) is 27.7. The lowest BCUT2D eigenvalue weighted by Gasteiger charge is -2.10. The third-order valence-electron chi connectivity index (χ3n) is 6.52. The monoisotopic (exact) mass is 531 g/mol. The molecule has 5 heterocycles. The van der Waals surface area contributed by atoms with Crippen molar-refractivity contribution in [3.05, 3.63) is 54.6 Å². The average Bonchev–Trinajstić information content (AvgIpc) is 3.63. The van der Waals surface area contributed by atoms with Crippen molar-refractivity contribution in [2.24, 2.45) is 7.05 Å². The molecular formula is C26H29N9O4. The molecule has 0 unspecified atom stereocenters. The number of esters is 1. The lowest BCUT2D eigenvalue weighted by molar-refractivity contribution is 0.0588. The van der Waals surface area contributed by atoms with Gasteiger partial charge in [-0.3, -0.25) is 4.40 Å². The predicted octanol–water partition coefficient (Wildman–Crippen LogP) is 3.13. The highest BCUT2D eigenvalue weighted by Gasteiger charge is 2.22. The van der Waals surface area contributed by atoms with Crippen molar-refractivity contribution in [1.82, 2.24) is 38.7 Å². The number of carbonyl (C=O) groups is 1. The number of anilines is 2. The summed E-state index contributed by atoms with van der Waals surface area (Å²) in [4.78, 5) is 30.6. The normalized spacial score (nSPS) is 12.1. The van der Waals surface area contributed by atoms with Crippen LogP contribution in [0.15, 0.2) is 43.1 Å². The molecule has 0 aliphatic heterocycles. The second-order valence-electron chi connectivity index (χ2n) is 9.05. The van der Waals surface area contributed by atoms with Gasteiger partial charge in [-0.25, -0.2) is 29.4 Å². The van der Waals surface area contributed by atoms with Crippen LogP contribution in [0.25, 0.3) is 28.2 Å². The number of hydrogen-bond donors (Lipinski definition) is 3. The van der Waals surface area contributed by atoms with Gasteiger partial charge in [0.15, 0.2) is 5.82 Å². The van der Waals surface area contributed by atoms with Crippen LogP contribution in [0.2, 0.25) is 0 Å². The second-order valence-corrected chi connectivity index (χ2v) is 9.05. The van der Waals surface area contributed by atoms with E-state index in [-0.39, 0.29) is 18.4 Å². The fraction of sp³-hybridized carbons (Fsp3) is 0.308. The Balaban J connectivity index is 1.55. The second kappa shape index (κ2) is 10.5. The van der Waals surface area contributed by atoms with E-state index in [4.69, 9.17) is 9.72 Å². The largest absolute Gasteiger partial charge is 0.493 e. The van der Waals surface area contributed by atoms with Gasteiger partial charge in [0.25, 0.3) is 0 Å². The number of carbonyl (C=O) groups excluding carboxylic acids is 1. The molecule has 13 nitrogen and oxygen atoms in total. The summed E-state index contributed by atoms with van der Waals surface area (Å²) in [5.74, 6) is 1.52. The minimum atomic E-state index is -0.422. The number of aromatic hydroxyl groups is 1. The van der Waals surface area contributed by atoms with Gasteiger partial charge in [-0.1, -0.05) is 6.92 Å². The number of aromatic nitrogens is 8. The van der Waals surface area contributed by atoms with Crippen LogP contribution in [0.1, 0.15) is 42.5 Å². The molecule has 0 aromatic carbocycles. The van der Waals surface area contributed by atoms with Gasteiger partial charge in [-0.2, -0.15) is 5.10 Å². The number of imidazole rings is 1. The molecule has 5 rings (SSSR count). The summed E-state index contributed by atoms with van der Waals surface area (Å²) < 4.78 is 10.0. The Labute approximate surface area is 223 Å². The number of nitrogens with zero attached hydrogens (tertiary/aromatic N) is 8. The highest BCUT2D eigenvalue weighted by Crippen LogP contribution is 2.32. The Hall–Kier alpha value is -4.78. The molecule has 1 atom stereocenters. The van der Waals surface area contributed by atoms with Crippen molar-refractivity contribution in [2.45, 2.75) is 32.7 Å². The molecule has 0 spiro atoms. The van der Waals surface area contributed by atoms with E-state index in [1.54, 1.807) is 31.6 Å². The van der Waals surface area contributed by atoms with E-state index in [1.165, 1.54) is 18.0 Å². The minimum absolute atomic E-state index is 0.0191. The smallest absolute Gasteiger partial charge is 0.354 e. The number of hydrogen-bond acceptors (Lipinski definition) is 10. The Morgan fingerprint density at radius 2 is 2.00 bits per heavy atom. The summed E-state index contributed by atoms with van der Waals surface area (Å²) in [5.41, 5.74) is 3.02. The Morgan fingerprint density at radius 1 is 1.18 bits per heavy atom. The minimum Gasteiger partial charge on any atom is -0.493 e. The van der Waals surface area contributed by atoms with E-state index in [9.17, 15) is 15.0 Å². The summed E-state index contributed by atoms with van der Waals surface area (Å²) in [6, 6.07) is 3.46. The lowest BCUT2D eigenvalue weighted by Crippen LogP contribution is -2.08. The van der Waals surface area contributed by atoms with E-state index < -0.39 is 5.97 Å². The Kier molecular flexibility index (Phi) is 6.98. The number of methoxy groups -OCH3 is 1. The van der Waals surface area contributed by atoms with Crippen LogP contribution in [0.5, 0.6) is 5.88 Å². The molecule has 0 saturated carbocycles. The zero-order valence-electron chi connectivity index (χ0n) is 22.0. The van der Waals surface area contributed by atoms with Gasteiger partial charge in [0.05, 0.1) is 36.9 Å². The van der Waals surface area contributed by atoms with Gasteiger partial charge >= 0.3 is 5.97 Å². The van der Waals surface area contributed by atoms with Crippen LogP contribution in [0.4, 0.5) is 11.6 Å². The molecule has 202 valence electrons. The molecule has 0 radical (unpaired) electrons. The fourth-order valence-electron chi connectivity index (χ4n) is 4.41. The first-order valence-electron chi connectivity index (χ1n) is 12.4. The molecule has 5 aromatic heterocycles. The van der Waals surface area contributed by atoms with E-state index in [1.807, 2.05) is 35.2 Å². The van der Waals surface area contributed by atoms with Crippen LogP contribution < -0.4 is 5.32 Å². The van der Waals surface area contributed by atoms with Crippen LogP contribution in [0.3, 0.4) is 0 Å². The summed E-state index contributed by atoms with van der Waals surface area (Å²) in [7, 11) is 2.98. The van der Waals surface area contributed by atoms with E-state index in [0.29, 0.717) is 47.4 Å². The third kappa shape index (κ3) is 4.79. The van der Waals surface area contributed by atoms with Gasteiger partial charge in [-0.15, -0.1) is 0 Å². The molecule has 0 aliphatic carbocycles. The van der Waals surface area contributed by atoms with Crippen molar-refractivity contribution in [3.8, 4) is 28.5 Å². The summed E-state index contributed by atoms with van der Waals surface area (Å²) in [6.45, 7) is 4.56. The SMILES string of the molecule is CCn1cc(-c2nc([C@@H](C)CCO)n3cc(Nc4ccnc(-c5cnn(C)c5O)n4)ncc23)cc1C(=O)OC. The molecule has 0 bridgehead atoms. The number of rotatable bonds is 9. The molecule has 0 saturated heterocycles. The molecule has 0 fully saturated rings. The van der Waals surface area contributed by atoms with Gasteiger partial charge < -0.3 is 24.8 Å². The van der Waals surface area contributed by atoms with Crippen LogP contribution in [0, 0.1) is 0 Å². The standard InChI is InChI=1S/C26H29N9O4/c1-5-34-13-16(10-18(34)26(38)39-4)22-19-12-28-21(14-35(19)24(32-22)15(2)7-9-36)30-20-6-8-27-23(31-20)17-11-29-33(3)25(17)37/h6,8,10-15,36-37H,5,7,9H2,1-4H3,(H,27,30,31)/t15-/m0/s1. The van der Waals surface area contributed by atoms with Gasteiger partial charge in [-0.05, 0) is 25.5 Å². The molecule has 5 aromatic rings. The van der Waals surface area contributed by atoms with E-state index in [0.717, 1.165) is 16.9 Å². The average molecular weight is 532 g/mol. The Morgan fingerprint density at radius 3 is 2.69 bits per heavy atom. The number of ether oxygens (including phenoxy) is 1. The van der Waals surface area contributed by atoms with Crippen LogP contribution in [-0.2, 0) is 18.3 Å². The maximum atomic E-state index is 12.3. The number of aliphatic hydroxyl groups excluding tert-OH is 1. The maximum absolute atomic E-state index is 12.3. The van der Waals surface area contributed by atoms with Crippen molar-refractivity contribution >= 4 is 23.1 Å². The molecule has 0 aliphatic rings. The van der Waals surface area contributed by atoms with Crippen molar-refractivity contribution in [3.63, 3.8) is 0 Å². The maximum Gasteiger partial charge on any atom is 0.354 e. The first kappa shape index (κ1) is 25.9. The number of aliphatic hydroxyl groups is 1. The predicted molar refractivity (Wildman–Crippen MR) is 143 cm³/mol. The first-order valence-corrected chi connectivity index (χ1v) is 12.4. The van der Waals surface area contributed by atoms with Gasteiger partial charge in [0, 0.05) is 44.1 Å². The summed E-state index contributed by atoms with van der Waals surface area (Å²) in [6.07, 6.45) is 9.00. The highest BCUT2D eigenvalue weighted by atomic mass is 16.5. The molecule has 13 heteroatoms. The van der Waals surface area contributed by atoms with E-state index in [2.05, 4.69) is 25.4 Å². The highest BCUT2D eigenvalue weighted by molar-refractivity contribution is 5.91. The van der Waals surface area contributed by atoms with Gasteiger partial charge in [0.2, 0.25) is 5.88 Å². The molecular weight excluding hydrogens is 502 g/mol. The van der Waals surface area contributed by atoms with E-state index >= 15 is 0 Å². The first-order chi connectivity index (χ1) is 18.8. The number of aryl methyl sites for hydroxylation is 2. The Bertz CT molecular complexity index is 1650. The third-order valence-corrected chi connectivity index (χ3v) is 6.52. The molecule has 0 amide bonds. The quantitative estimate of drug-likeness (QED) is 0.241. The number of nitrogens with one attached hydrogen (secondary N) is 1. The molecule has 3 N–H and O–H groups in total. The van der Waals surface area contributed by atoms with Crippen molar-refractivity contribution in [2.75, 3.05) is 19.0 Å². The lowest BCUT2D eigenvalue weighted by atomic mass is 10.1. The fourth-order valence-corrected chi connectivity index (χ4v) is 4.41. The zero-order valence-corrected chi connectivity index (χ0v) is 22.0. The number of fused-ring (bicyclic) bond motifs is 1. The topological polar surface area (TPSA) is 158 Å². The molecule has 39 heavy (non-hydrogen) atoms. The van der Waals surface area contributed by atoms with Crippen LogP contribution >= 0.6 is 0 Å². The summed E-state index contributed by atoms with van der Waals surface area (Å²) >= 11 is 0. The van der Waals surface area contributed by atoms with Crippen LogP contribution in [-0.4, -0.2) is 68.6 Å². The van der Waals surface area contributed by atoms with Crippen molar-refractivity contribution in [1.29, 1.82) is 0 Å². The van der Waals surface area contributed by atoms with Gasteiger partial charge in [0.1, 0.15) is 28.7 Å².